The van der Waals surface area contributed by atoms with Gasteiger partial charge in [-0.2, -0.15) is 0 Å². The number of aryl methyl sites for hydroxylation is 1. The van der Waals surface area contributed by atoms with Gasteiger partial charge in [0.15, 0.2) is 12.3 Å². The molecule has 6 nitrogen and oxygen atoms in total. The Morgan fingerprint density at radius 3 is 2.47 bits per heavy atom. The Morgan fingerprint density at radius 2 is 2.00 bits per heavy atom. The normalized spacial score (nSPS) is 10.5. The molecule has 0 saturated heterocycles. The van der Waals surface area contributed by atoms with Gasteiger partial charge in [-0.25, -0.2) is 0 Å². The van der Waals surface area contributed by atoms with E-state index in [4.69, 9.17) is 10.6 Å². The first kappa shape index (κ1) is 13.1. The predicted molar refractivity (Wildman–Crippen MR) is 69.4 cm³/mol. The average Bonchev–Trinajstić information content (AvgIpc) is 2.66. The minimum absolute atomic E-state index is 0.0196. The summed E-state index contributed by atoms with van der Waals surface area (Å²) in [5.41, 5.74) is 0.622. The van der Waals surface area contributed by atoms with Gasteiger partial charge >= 0.3 is 0 Å². The zero-order valence-corrected chi connectivity index (χ0v) is 11.3. The van der Waals surface area contributed by atoms with Gasteiger partial charge in [-0.1, -0.05) is 0 Å². The second-order valence-corrected chi connectivity index (χ2v) is 4.27. The third kappa shape index (κ3) is 2.57. The Bertz CT molecular complexity index is 602. The lowest BCUT2D eigenvalue weighted by atomic mass is 10.1. The van der Waals surface area contributed by atoms with E-state index in [9.17, 15) is 4.79 Å². The number of hydrogen-bond acceptors (Lipinski definition) is 4. The fourth-order valence-corrected chi connectivity index (χ4v) is 1.81. The molecule has 6 heteroatoms. The van der Waals surface area contributed by atoms with Crippen LogP contribution in [0.1, 0.15) is 22.0 Å². The Hall–Kier alpha value is -2.37. The smallest absolute Gasteiger partial charge is 0.295 e. The topological polar surface area (TPSA) is 74.0 Å². The number of carbonyl (C=O) groups excluding carboxylic acids is 1. The molecule has 2 aromatic rings. The summed E-state index contributed by atoms with van der Waals surface area (Å²) >= 11 is 0. The van der Waals surface area contributed by atoms with Crippen molar-refractivity contribution in [2.24, 2.45) is 0 Å². The molecule has 0 spiro atoms. The largest absolute Gasteiger partial charge is 0.497 e. The lowest BCUT2D eigenvalue weighted by molar-refractivity contribution is -0.652. The summed E-state index contributed by atoms with van der Waals surface area (Å²) in [5.74, 6) is 7.87. The van der Waals surface area contributed by atoms with Gasteiger partial charge in [0.25, 0.3) is 11.6 Å². The number of methoxy groups -OCH3 is 1. The van der Waals surface area contributed by atoms with Crippen molar-refractivity contribution < 1.29 is 14.2 Å². The van der Waals surface area contributed by atoms with E-state index >= 15 is 0 Å². The van der Waals surface area contributed by atoms with Crippen molar-refractivity contribution in [3.8, 4) is 5.75 Å². The fraction of sp³-hybridized carbons (Fsp3) is 0.308. The Morgan fingerprint density at radius 1 is 1.37 bits per heavy atom. The Labute approximate surface area is 111 Å². The lowest BCUT2D eigenvalue weighted by Gasteiger charge is -2.01. The summed E-state index contributed by atoms with van der Waals surface area (Å²) in [6.07, 6.45) is 0. The fourth-order valence-electron chi connectivity index (χ4n) is 1.81. The molecular formula is C13H17N4O2+. The molecule has 0 aliphatic rings. The van der Waals surface area contributed by atoms with Crippen molar-refractivity contribution >= 4 is 5.78 Å². The van der Waals surface area contributed by atoms with E-state index in [1.165, 1.54) is 4.68 Å². The quantitative estimate of drug-likeness (QED) is 0.491. The van der Waals surface area contributed by atoms with Crippen LogP contribution >= 0.6 is 0 Å². The van der Waals surface area contributed by atoms with Crippen LogP contribution in [-0.2, 0) is 6.54 Å². The molecule has 0 aliphatic heterocycles. The van der Waals surface area contributed by atoms with Crippen molar-refractivity contribution in [1.82, 2.24) is 9.78 Å². The first-order chi connectivity index (χ1) is 9.02. The van der Waals surface area contributed by atoms with E-state index in [0.29, 0.717) is 11.4 Å². The zero-order chi connectivity index (χ0) is 14.0. The maximum absolute atomic E-state index is 12.1. The minimum Gasteiger partial charge on any atom is -0.497 e. The summed E-state index contributed by atoms with van der Waals surface area (Å²) in [7, 11) is 1.59. The van der Waals surface area contributed by atoms with Crippen LogP contribution in [-0.4, -0.2) is 22.7 Å². The highest BCUT2D eigenvalue weighted by atomic mass is 16.5. The van der Waals surface area contributed by atoms with Gasteiger partial charge in [-0.05, 0) is 24.3 Å². The van der Waals surface area contributed by atoms with Crippen molar-refractivity contribution in [1.29, 1.82) is 0 Å². The predicted octanol–water partition coefficient (Wildman–Crippen LogP) is 0.393. The number of hydrogen-bond donors (Lipinski definition) is 1. The van der Waals surface area contributed by atoms with Crippen molar-refractivity contribution in [3.63, 3.8) is 0 Å². The molecule has 2 rings (SSSR count). The number of nitrogen functional groups attached to an aromatic ring is 1. The molecule has 2 N–H and O–H groups in total. The van der Waals surface area contributed by atoms with Crippen LogP contribution in [0, 0.1) is 13.8 Å². The number of nitrogens with zero attached hydrogens (tertiary/aromatic N) is 3. The van der Waals surface area contributed by atoms with Crippen molar-refractivity contribution in [2.75, 3.05) is 13.0 Å². The van der Waals surface area contributed by atoms with E-state index in [1.807, 2.05) is 6.92 Å². The molecule has 1 aromatic carbocycles. The second kappa shape index (κ2) is 5.09. The molecule has 0 amide bonds. The molecule has 0 atom stereocenters. The minimum atomic E-state index is -0.0196. The van der Waals surface area contributed by atoms with Gasteiger partial charge in [0.05, 0.1) is 7.11 Å². The highest BCUT2D eigenvalue weighted by Gasteiger charge is 2.20. The summed E-state index contributed by atoms with van der Waals surface area (Å²) in [6, 6.07) is 7.00. The first-order valence-corrected chi connectivity index (χ1v) is 5.91. The van der Waals surface area contributed by atoms with Crippen molar-refractivity contribution in [2.45, 2.75) is 20.4 Å². The number of nitrogens with two attached hydrogens (primary N) is 1. The monoisotopic (exact) mass is 261 g/mol. The second-order valence-electron chi connectivity index (χ2n) is 4.27. The number of benzene rings is 1. The third-order valence-corrected chi connectivity index (χ3v) is 3.04. The van der Waals surface area contributed by atoms with Gasteiger partial charge < -0.3 is 4.74 Å². The van der Waals surface area contributed by atoms with Crippen LogP contribution in [0.5, 0.6) is 5.75 Å². The average molecular weight is 261 g/mol. The molecule has 19 heavy (non-hydrogen) atoms. The van der Waals surface area contributed by atoms with E-state index in [-0.39, 0.29) is 12.3 Å². The highest BCUT2D eigenvalue weighted by Crippen LogP contribution is 2.12. The molecule has 0 bridgehead atoms. The van der Waals surface area contributed by atoms with E-state index in [1.54, 1.807) is 43.0 Å². The van der Waals surface area contributed by atoms with Crippen molar-refractivity contribution in [3.05, 3.63) is 41.5 Å². The molecule has 0 fully saturated rings. The van der Waals surface area contributed by atoms with Gasteiger partial charge in [0, 0.05) is 24.5 Å². The Kier molecular flexibility index (Phi) is 3.50. The summed E-state index contributed by atoms with van der Waals surface area (Å²) in [4.78, 5) is 12.1. The standard InChI is InChI=1S/C13H17N4O2/c1-9-15-16(10(2)17(9)14)8-13(18)11-4-6-12(19-3)7-5-11/h4-7H,8,14H2,1-3H3/q+1. The molecular weight excluding hydrogens is 244 g/mol. The maximum atomic E-state index is 12.1. The number of Topliss-reactive ketones (excluding diaryl/α,β-unsaturated/α-hetero) is 1. The molecule has 100 valence electrons. The molecule has 1 aromatic heterocycles. The van der Waals surface area contributed by atoms with Crippen LogP contribution < -0.4 is 15.3 Å². The van der Waals surface area contributed by atoms with Gasteiger partial charge in [-0.3, -0.25) is 10.6 Å². The number of ether oxygens (including phenoxy) is 1. The summed E-state index contributed by atoms with van der Waals surface area (Å²) < 4.78 is 8.12. The van der Waals surface area contributed by atoms with Crippen LogP contribution in [0.2, 0.25) is 0 Å². The summed E-state index contributed by atoms with van der Waals surface area (Å²) in [5, 5.41) is 4.22. The number of carbonyl (C=O) groups is 1. The molecule has 0 aliphatic carbocycles. The number of ketones is 1. The number of rotatable bonds is 4. The molecule has 0 radical (unpaired) electrons. The molecule has 0 saturated carbocycles. The molecule has 1 heterocycles. The third-order valence-electron chi connectivity index (χ3n) is 3.04. The van der Waals surface area contributed by atoms with Gasteiger partial charge in [-0.15, -0.1) is 9.36 Å². The van der Waals surface area contributed by atoms with E-state index < -0.39 is 0 Å². The van der Waals surface area contributed by atoms with Crippen LogP contribution in [0.3, 0.4) is 0 Å². The van der Waals surface area contributed by atoms with Crippen LogP contribution in [0.4, 0.5) is 0 Å². The first-order valence-electron chi connectivity index (χ1n) is 5.91. The van der Waals surface area contributed by atoms with E-state index in [0.717, 1.165) is 11.6 Å². The van der Waals surface area contributed by atoms with Gasteiger partial charge in [0.2, 0.25) is 0 Å². The Balaban J connectivity index is 2.18. The van der Waals surface area contributed by atoms with Crippen LogP contribution in [0.15, 0.2) is 24.3 Å². The summed E-state index contributed by atoms with van der Waals surface area (Å²) in [6.45, 7) is 3.78. The van der Waals surface area contributed by atoms with E-state index in [2.05, 4.69) is 5.10 Å². The lowest BCUT2D eigenvalue weighted by Crippen LogP contribution is -2.48. The zero-order valence-electron chi connectivity index (χ0n) is 11.3. The van der Waals surface area contributed by atoms with Crippen LogP contribution in [0.25, 0.3) is 0 Å². The van der Waals surface area contributed by atoms with Gasteiger partial charge in [0.1, 0.15) is 5.75 Å². The SMILES string of the molecule is COc1ccc(C(=O)Cn2nc(C)[n+](N)c2C)cc1. The molecule has 0 unspecified atom stereocenters. The maximum Gasteiger partial charge on any atom is 0.295 e. The highest BCUT2D eigenvalue weighted by molar-refractivity contribution is 5.95. The number of aromatic nitrogens is 3.